The van der Waals surface area contributed by atoms with Crippen molar-refractivity contribution >= 4 is 66.5 Å². The van der Waals surface area contributed by atoms with E-state index >= 15 is 0 Å². The van der Waals surface area contributed by atoms with Gasteiger partial charge in [-0.1, -0.05) is 127 Å². The second-order valence-corrected chi connectivity index (χ2v) is 14.7. The van der Waals surface area contributed by atoms with E-state index in [1.165, 1.54) is 37.2 Å². The molecule has 1 aliphatic rings. The van der Waals surface area contributed by atoms with Gasteiger partial charge in [0.25, 0.3) is 0 Å². The number of furan rings is 1. The van der Waals surface area contributed by atoms with Crippen molar-refractivity contribution in [2.45, 2.75) is 9.79 Å². The molecule has 0 saturated carbocycles. The highest BCUT2D eigenvalue weighted by Gasteiger charge is 2.28. The van der Waals surface area contributed by atoms with Crippen molar-refractivity contribution in [2.24, 2.45) is 0 Å². The summed E-state index contributed by atoms with van der Waals surface area (Å²) in [7, 11) is 0. The van der Waals surface area contributed by atoms with Crippen LogP contribution in [-0.2, 0) is 0 Å². The fourth-order valence-corrected chi connectivity index (χ4v) is 9.37. The molecule has 0 radical (unpaired) electrons. The molecule has 5 heterocycles. The van der Waals surface area contributed by atoms with Gasteiger partial charge < -0.3 is 4.42 Å². The third kappa shape index (κ3) is 4.21. The van der Waals surface area contributed by atoms with Crippen molar-refractivity contribution in [3.8, 4) is 45.5 Å². The summed E-state index contributed by atoms with van der Waals surface area (Å²) in [6.45, 7) is 0. The summed E-state index contributed by atoms with van der Waals surface area (Å²) in [5, 5.41) is 5.75. The average molecular weight is 710 g/mol. The van der Waals surface area contributed by atoms with E-state index in [0.717, 1.165) is 55.5 Å². The summed E-state index contributed by atoms with van der Waals surface area (Å²) in [5.74, 6) is 1.81. The lowest BCUT2D eigenvalue weighted by atomic mass is 10.1. The molecule has 0 atom stereocenters. The Kier molecular flexibility index (Phi) is 6.18. The Hall–Kier alpha value is -6.96. The van der Waals surface area contributed by atoms with Gasteiger partial charge in [-0.15, -0.1) is 0 Å². The molecule has 252 valence electrons. The molecule has 0 aliphatic carbocycles. The monoisotopic (exact) mass is 709 g/mol. The van der Waals surface area contributed by atoms with Crippen LogP contribution in [0.1, 0.15) is 0 Å². The standard InChI is InChI=1S/C47H27N5OS/c1-2-13-28(14-3-1)44-48-45(50-46(49-44)34-20-11-24-38-41(34)32-18-5-8-23-37(32)53-38)29-15-10-16-30(27-29)51-35-21-6-4-17-31(35)42-33-19-12-26-40-43(33)52(47(42)51)36-22-7-9-25-39(36)54-40/h1-27H. The van der Waals surface area contributed by atoms with E-state index in [9.17, 15) is 0 Å². The number of hydrogen-bond donors (Lipinski definition) is 0. The second-order valence-electron chi connectivity index (χ2n) is 13.6. The van der Waals surface area contributed by atoms with Gasteiger partial charge in [0, 0.05) is 59.1 Å². The van der Waals surface area contributed by atoms with E-state index in [0.29, 0.717) is 17.5 Å². The molecule has 0 bridgehead atoms. The predicted molar refractivity (Wildman–Crippen MR) is 219 cm³/mol. The van der Waals surface area contributed by atoms with Gasteiger partial charge in [-0.25, -0.2) is 15.0 Å². The van der Waals surface area contributed by atoms with E-state index in [1.54, 1.807) is 0 Å². The van der Waals surface area contributed by atoms with Crippen LogP contribution in [-0.4, -0.2) is 24.1 Å². The Morgan fingerprint density at radius 2 is 1.13 bits per heavy atom. The molecule has 0 fully saturated rings. The Balaban J connectivity index is 1.12. The molecule has 0 saturated heterocycles. The summed E-state index contributed by atoms with van der Waals surface area (Å²) >= 11 is 1.84. The van der Waals surface area contributed by atoms with Crippen molar-refractivity contribution in [2.75, 3.05) is 0 Å². The van der Waals surface area contributed by atoms with E-state index < -0.39 is 0 Å². The first-order chi connectivity index (χ1) is 26.8. The van der Waals surface area contributed by atoms with Gasteiger partial charge in [0.15, 0.2) is 17.5 Å². The summed E-state index contributed by atoms with van der Waals surface area (Å²) in [5.41, 5.74) is 10.1. The summed E-state index contributed by atoms with van der Waals surface area (Å²) < 4.78 is 11.1. The molecule has 0 amide bonds. The number of rotatable bonds is 4. The normalized spacial score (nSPS) is 12.4. The molecule has 11 aromatic rings. The first-order valence-electron chi connectivity index (χ1n) is 18.0. The minimum Gasteiger partial charge on any atom is -0.456 e. The van der Waals surface area contributed by atoms with E-state index in [1.807, 2.05) is 72.4 Å². The molecule has 4 aromatic heterocycles. The fourth-order valence-electron chi connectivity index (χ4n) is 8.28. The van der Waals surface area contributed by atoms with Gasteiger partial charge in [-0.05, 0) is 48.5 Å². The van der Waals surface area contributed by atoms with Crippen molar-refractivity contribution in [3.63, 3.8) is 0 Å². The van der Waals surface area contributed by atoms with Crippen LogP contribution < -0.4 is 0 Å². The first kappa shape index (κ1) is 29.6. The molecule has 12 rings (SSSR count). The molecule has 54 heavy (non-hydrogen) atoms. The Morgan fingerprint density at radius 1 is 0.463 bits per heavy atom. The zero-order chi connectivity index (χ0) is 35.3. The van der Waals surface area contributed by atoms with Crippen LogP contribution in [0, 0.1) is 0 Å². The van der Waals surface area contributed by atoms with Crippen LogP contribution in [0.2, 0.25) is 0 Å². The maximum absolute atomic E-state index is 6.27. The van der Waals surface area contributed by atoms with Crippen LogP contribution >= 0.6 is 11.8 Å². The minimum atomic E-state index is 0.596. The minimum absolute atomic E-state index is 0.596. The number of hydrogen-bond acceptors (Lipinski definition) is 5. The smallest absolute Gasteiger partial charge is 0.164 e. The van der Waals surface area contributed by atoms with Gasteiger partial charge >= 0.3 is 0 Å². The quantitative estimate of drug-likeness (QED) is 0.182. The number of aromatic nitrogens is 5. The maximum Gasteiger partial charge on any atom is 0.164 e. The molecule has 6 nitrogen and oxygen atoms in total. The van der Waals surface area contributed by atoms with Gasteiger partial charge in [0.05, 0.1) is 16.7 Å². The van der Waals surface area contributed by atoms with Crippen molar-refractivity contribution in [3.05, 3.63) is 164 Å². The van der Waals surface area contributed by atoms with Gasteiger partial charge in [0.2, 0.25) is 0 Å². The zero-order valence-electron chi connectivity index (χ0n) is 28.6. The second kappa shape index (κ2) is 11.3. The van der Waals surface area contributed by atoms with Crippen molar-refractivity contribution in [1.29, 1.82) is 0 Å². The molecule has 1 aliphatic heterocycles. The Morgan fingerprint density at radius 3 is 2.06 bits per heavy atom. The topological polar surface area (TPSA) is 61.7 Å². The molecule has 0 N–H and O–H groups in total. The molecule has 0 spiro atoms. The van der Waals surface area contributed by atoms with Crippen LogP contribution in [0.15, 0.2) is 178 Å². The third-order valence-corrected chi connectivity index (χ3v) is 11.7. The molecular weight excluding hydrogens is 683 g/mol. The van der Waals surface area contributed by atoms with E-state index in [-0.39, 0.29) is 0 Å². The van der Waals surface area contributed by atoms with Crippen LogP contribution in [0.25, 0.3) is 100 Å². The average Bonchev–Trinajstić information content (AvgIpc) is 3.90. The van der Waals surface area contributed by atoms with Gasteiger partial charge in [0.1, 0.15) is 16.8 Å². The van der Waals surface area contributed by atoms with Gasteiger partial charge in [-0.2, -0.15) is 0 Å². The molecule has 7 aromatic carbocycles. The fraction of sp³-hybridized carbons (Fsp3) is 0. The van der Waals surface area contributed by atoms with E-state index in [2.05, 4.69) is 112 Å². The predicted octanol–water partition coefficient (Wildman–Crippen LogP) is 12.3. The number of fused-ring (bicyclic) bond motifs is 10. The van der Waals surface area contributed by atoms with Crippen LogP contribution in [0.5, 0.6) is 0 Å². The highest BCUT2D eigenvalue weighted by atomic mass is 32.2. The largest absolute Gasteiger partial charge is 0.456 e. The first-order valence-corrected chi connectivity index (χ1v) is 18.8. The summed E-state index contributed by atoms with van der Waals surface area (Å²) in [6, 6.07) is 57.1. The van der Waals surface area contributed by atoms with Crippen LogP contribution in [0.4, 0.5) is 0 Å². The lowest BCUT2D eigenvalue weighted by molar-refractivity contribution is 0.669. The summed E-state index contributed by atoms with van der Waals surface area (Å²) in [6.07, 6.45) is 0. The zero-order valence-corrected chi connectivity index (χ0v) is 29.5. The highest BCUT2D eigenvalue weighted by Crippen LogP contribution is 2.49. The van der Waals surface area contributed by atoms with Gasteiger partial charge in [-0.3, -0.25) is 9.13 Å². The Bertz CT molecular complexity index is 3320. The van der Waals surface area contributed by atoms with Crippen molar-refractivity contribution < 1.29 is 4.42 Å². The summed E-state index contributed by atoms with van der Waals surface area (Å²) in [4.78, 5) is 18.0. The number of nitrogens with zero attached hydrogens (tertiary/aromatic N) is 5. The maximum atomic E-state index is 6.27. The number of benzene rings is 7. The lowest BCUT2D eigenvalue weighted by Crippen LogP contribution is -2.06. The molecule has 0 unspecified atom stereocenters. The SMILES string of the molecule is c1ccc(-c2nc(-c3cccc(-n4c5ccccc5c5c6cccc7c6n(c54)-c4ccccc4S7)c3)nc(-c3cccc4oc5ccccc5c34)n2)cc1. The number of para-hydroxylation sites is 4. The molecule has 7 heteroatoms. The van der Waals surface area contributed by atoms with E-state index in [4.69, 9.17) is 19.4 Å². The third-order valence-electron chi connectivity index (χ3n) is 10.6. The lowest BCUT2D eigenvalue weighted by Gasteiger charge is -2.21. The highest BCUT2D eigenvalue weighted by molar-refractivity contribution is 7.99. The van der Waals surface area contributed by atoms with Crippen molar-refractivity contribution in [1.82, 2.24) is 24.1 Å². The van der Waals surface area contributed by atoms with Crippen LogP contribution in [0.3, 0.4) is 0 Å². The molecular formula is C47H27N5OS. The Labute approximate surface area is 313 Å².